The molecule has 136 valence electrons. The maximum absolute atomic E-state index is 10.1. The van der Waals surface area contributed by atoms with Gasteiger partial charge in [-0.2, -0.15) is 0 Å². The van der Waals surface area contributed by atoms with Gasteiger partial charge in [-0.1, -0.05) is 17.7 Å². The largest absolute Gasteiger partial charge is 0.490 e. The van der Waals surface area contributed by atoms with Gasteiger partial charge in [0, 0.05) is 19.6 Å². The van der Waals surface area contributed by atoms with Crippen LogP contribution in [-0.2, 0) is 11.3 Å². The van der Waals surface area contributed by atoms with Gasteiger partial charge in [0.25, 0.3) is 0 Å². The maximum atomic E-state index is 10.1. The third-order valence-corrected chi connectivity index (χ3v) is 4.46. The average Bonchev–Trinajstić information content (AvgIpc) is 3.12. The van der Waals surface area contributed by atoms with E-state index in [0.717, 1.165) is 37.4 Å². The number of rotatable bonds is 8. The number of aryl methyl sites for hydroxylation is 1. The van der Waals surface area contributed by atoms with Gasteiger partial charge in [-0.05, 0) is 44.0 Å². The minimum absolute atomic E-state index is 0.256. The van der Waals surface area contributed by atoms with Crippen molar-refractivity contribution in [3.63, 3.8) is 0 Å². The second-order valence-electron chi connectivity index (χ2n) is 6.68. The summed E-state index contributed by atoms with van der Waals surface area (Å²) in [6, 6.07) is 11.9. The molecule has 1 N–H and O–H groups in total. The van der Waals surface area contributed by atoms with Crippen molar-refractivity contribution in [1.29, 1.82) is 0 Å². The lowest BCUT2D eigenvalue weighted by atomic mass is 10.1. The fraction of sp³-hybridized carbons (Fsp3) is 0.500. The quantitative estimate of drug-likeness (QED) is 0.797. The van der Waals surface area contributed by atoms with Crippen molar-refractivity contribution in [3.05, 3.63) is 54.0 Å². The number of benzene rings is 1. The van der Waals surface area contributed by atoms with Gasteiger partial charge in [0.15, 0.2) is 0 Å². The highest BCUT2D eigenvalue weighted by atomic mass is 16.5. The minimum atomic E-state index is -0.482. The molecule has 0 amide bonds. The van der Waals surface area contributed by atoms with E-state index in [2.05, 4.69) is 24.0 Å². The van der Waals surface area contributed by atoms with Crippen molar-refractivity contribution in [2.24, 2.45) is 0 Å². The number of β-amino-alcohol motifs (C(OH)–C–C–N with tert-alkyl or cyclic N) is 1. The number of ether oxygens (including phenoxy) is 2. The number of furan rings is 1. The van der Waals surface area contributed by atoms with Crippen LogP contribution in [0.25, 0.3) is 0 Å². The number of piperidine rings is 1. The molecule has 1 fully saturated rings. The Morgan fingerprint density at radius 1 is 1.20 bits per heavy atom. The van der Waals surface area contributed by atoms with Crippen molar-refractivity contribution in [2.45, 2.75) is 38.6 Å². The maximum Gasteiger partial charge on any atom is 0.129 e. The Bertz CT molecular complexity index is 603. The van der Waals surface area contributed by atoms with Crippen LogP contribution in [-0.4, -0.2) is 48.5 Å². The molecule has 1 aliphatic rings. The molecule has 1 aromatic carbocycles. The summed E-state index contributed by atoms with van der Waals surface area (Å²) in [6.07, 6.45) is 3.36. The van der Waals surface area contributed by atoms with Crippen molar-refractivity contribution in [1.82, 2.24) is 4.90 Å². The zero-order valence-corrected chi connectivity index (χ0v) is 14.8. The molecule has 5 nitrogen and oxygen atoms in total. The molecule has 2 heterocycles. The van der Waals surface area contributed by atoms with E-state index in [1.54, 1.807) is 6.26 Å². The molecular formula is C20H27NO4. The fourth-order valence-electron chi connectivity index (χ4n) is 3.06. The normalized spacial score (nSPS) is 17.5. The van der Waals surface area contributed by atoms with E-state index in [1.807, 2.05) is 24.3 Å². The molecule has 1 unspecified atom stereocenters. The van der Waals surface area contributed by atoms with Crippen LogP contribution in [0.4, 0.5) is 0 Å². The molecule has 1 saturated heterocycles. The van der Waals surface area contributed by atoms with E-state index in [4.69, 9.17) is 13.9 Å². The number of aliphatic hydroxyl groups is 1. The zero-order chi connectivity index (χ0) is 17.5. The molecule has 0 radical (unpaired) electrons. The van der Waals surface area contributed by atoms with Crippen LogP contribution in [0.5, 0.6) is 5.75 Å². The van der Waals surface area contributed by atoms with Crippen molar-refractivity contribution < 1.29 is 19.0 Å². The number of hydrogen-bond acceptors (Lipinski definition) is 5. The number of nitrogens with zero attached hydrogens (tertiary/aromatic N) is 1. The second kappa shape index (κ2) is 9.04. The second-order valence-corrected chi connectivity index (χ2v) is 6.68. The van der Waals surface area contributed by atoms with E-state index in [0.29, 0.717) is 19.8 Å². The summed E-state index contributed by atoms with van der Waals surface area (Å²) in [6.45, 7) is 5.30. The Kier molecular flexibility index (Phi) is 6.50. The molecule has 5 heteroatoms. The SMILES string of the molecule is Cc1ccc(OC2CCN(CC(O)COCc3ccco3)CC2)cc1. The molecule has 0 bridgehead atoms. The number of aliphatic hydroxyl groups excluding tert-OH is 1. The molecule has 25 heavy (non-hydrogen) atoms. The highest BCUT2D eigenvalue weighted by molar-refractivity contribution is 5.26. The van der Waals surface area contributed by atoms with Crippen molar-refractivity contribution in [3.8, 4) is 5.75 Å². The summed E-state index contributed by atoms with van der Waals surface area (Å²) in [5.41, 5.74) is 1.24. The van der Waals surface area contributed by atoms with Crippen LogP contribution in [0.2, 0.25) is 0 Å². The first-order valence-electron chi connectivity index (χ1n) is 8.93. The van der Waals surface area contributed by atoms with E-state index < -0.39 is 6.10 Å². The van der Waals surface area contributed by atoms with E-state index in [-0.39, 0.29) is 6.10 Å². The molecule has 0 aliphatic carbocycles. The van der Waals surface area contributed by atoms with Gasteiger partial charge in [-0.25, -0.2) is 0 Å². The predicted octanol–water partition coefficient (Wildman–Crippen LogP) is 3.01. The van der Waals surface area contributed by atoms with Gasteiger partial charge < -0.3 is 23.9 Å². The minimum Gasteiger partial charge on any atom is -0.490 e. The van der Waals surface area contributed by atoms with Gasteiger partial charge in [0.2, 0.25) is 0 Å². The third kappa shape index (κ3) is 5.88. The topological polar surface area (TPSA) is 55.1 Å². The number of likely N-dealkylation sites (tertiary alicyclic amines) is 1. The van der Waals surface area contributed by atoms with Crippen LogP contribution >= 0.6 is 0 Å². The van der Waals surface area contributed by atoms with Gasteiger partial charge in [0.05, 0.1) is 19.0 Å². The van der Waals surface area contributed by atoms with E-state index >= 15 is 0 Å². The first-order valence-corrected chi connectivity index (χ1v) is 8.93. The molecule has 1 atom stereocenters. The monoisotopic (exact) mass is 345 g/mol. The van der Waals surface area contributed by atoms with Crippen LogP contribution in [0.1, 0.15) is 24.2 Å². The molecule has 1 aromatic heterocycles. The Morgan fingerprint density at radius 2 is 1.96 bits per heavy atom. The highest BCUT2D eigenvalue weighted by Gasteiger charge is 2.22. The van der Waals surface area contributed by atoms with E-state index in [1.165, 1.54) is 5.56 Å². The van der Waals surface area contributed by atoms with Crippen molar-refractivity contribution >= 4 is 0 Å². The highest BCUT2D eigenvalue weighted by Crippen LogP contribution is 2.19. The van der Waals surface area contributed by atoms with Crippen LogP contribution in [0.3, 0.4) is 0 Å². The molecule has 0 spiro atoms. The fourth-order valence-corrected chi connectivity index (χ4v) is 3.06. The predicted molar refractivity (Wildman–Crippen MR) is 95.6 cm³/mol. The van der Waals surface area contributed by atoms with Gasteiger partial charge in [-0.15, -0.1) is 0 Å². The van der Waals surface area contributed by atoms with E-state index in [9.17, 15) is 5.11 Å². The Balaban J connectivity index is 1.32. The third-order valence-electron chi connectivity index (χ3n) is 4.46. The molecular weight excluding hydrogens is 318 g/mol. The Morgan fingerprint density at radius 3 is 2.64 bits per heavy atom. The first-order chi connectivity index (χ1) is 12.2. The van der Waals surface area contributed by atoms with Gasteiger partial charge in [-0.3, -0.25) is 0 Å². The van der Waals surface area contributed by atoms with Gasteiger partial charge in [0.1, 0.15) is 24.2 Å². The average molecular weight is 345 g/mol. The van der Waals surface area contributed by atoms with Crippen LogP contribution < -0.4 is 4.74 Å². The van der Waals surface area contributed by atoms with Crippen LogP contribution in [0.15, 0.2) is 47.1 Å². The lowest BCUT2D eigenvalue weighted by Gasteiger charge is -2.33. The smallest absolute Gasteiger partial charge is 0.129 e. The summed E-state index contributed by atoms with van der Waals surface area (Å²) < 4.78 is 16.7. The zero-order valence-electron chi connectivity index (χ0n) is 14.8. The first kappa shape index (κ1) is 18.0. The standard InChI is InChI=1S/C20H27NO4/c1-16-4-6-18(7-5-16)25-19-8-10-21(11-9-19)13-17(22)14-23-15-20-3-2-12-24-20/h2-7,12,17,19,22H,8-11,13-15H2,1H3. The molecule has 0 saturated carbocycles. The van der Waals surface area contributed by atoms with Crippen LogP contribution in [0, 0.1) is 6.92 Å². The lowest BCUT2D eigenvalue weighted by molar-refractivity contribution is -0.00402. The number of hydrogen-bond donors (Lipinski definition) is 1. The summed E-state index contributed by atoms with van der Waals surface area (Å²) >= 11 is 0. The summed E-state index contributed by atoms with van der Waals surface area (Å²) in [5, 5.41) is 10.1. The Hall–Kier alpha value is -1.82. The lowest BCUT2D eigenvalue weighted by Crippen LogP contribution is -2.42. The van der Waals surface area contributed by atoms with Crippen molar-refractivity contribution in [2.75, 3.05) is 26.2 Å². The molecule has 3 rings (SSSR count). The Labute approximate surface area is 149 Å². The summed E-state index contributed by atoms with van der Waals surface area (Å²) in [4.78, 5) is 2.27. The summed E-state index contributed by atoms with van der Waals surface area (Å²) in [7, 11) is 0. The molecule has 1 aliphatic heterocycles. The van der Waals surface area contributed by atoms with Gasteiger partial charge >= 0.3 is 0 Å². The summed E-state index contributed by atoms with van der Waals surface area (Å²) in [5.74, 6) is 1.72. The molecule has 2 aromatic rings.